The predicted octanol–water partition coefficient (Wildman–Crippen LogP) is 1.53. The Morgan fingerprint density at radius 2 is 1.94 bits per heavy atom. The van der Waals surface area contributed by atoms with E-state index in [9.17, 15) is 9.59 Å². The quantitative estimate of drug-likeness (QED) is 0.786. The van der Waals surface area contributed by atoms with Gasteiger partial charge in [-0.1, -0.05) is 0 Å². The molecule has 0 saturated carbocycles. The van der Waals surface area contributed by atoms with Crippen molar-refractivity contribution in [1.29, 1.82) is 0 Å². The van der Waals surface area contributed by atoms with E-state index in [1.165, 1.54) is 0 Å². The second-order valence-corrected chi connectivity index (χ2v) is 5.25. The maximum absolute atomic E-state index is 12.1. The molecule has 2 rings (SSSR count). The molecule has 1 aromatic rings. The second-order valence-electron chi connectivity index (χ2n) is 4.01. The number of halogens is 1. The van der Waals surface area contributed by atoms with Crippen molar-refractivity contribution >= 4 is 40.1 Å². The lowest BCUT2D eigenvalue weighted by molar-refractivity contribution is -0.125. The molecule has 17 heavy (non-hydrogen) atoms. The molecule has 0 spiro atoms. The Labute approximate surface area is 114 Å². The molecule has 2 amide bonds. The third-order valence-corrected chi connectivity index (χ3v) is 3.43. The van der Waals surface area contributed by atoms with E-state index < -0.39 is 6.04 Å². The molecule has 1 aromatic carbocycles. The molecule has 0 aromatic heterocycles. The van der Waals surface area contributed by atoms with Crippen LogP contribution < -0.4 is 10.2 Å². The Kier molecular flexibility index (Phi) is 3.66. The van der Waals surface area contributed by atoms with Crippen LogP contribution >= 0.6 is 22.6 Å². The van der Waals surface area contributed by atoms with Gasteiger partial charge in [0.1, 0.15) is 6.04 Å². The summed E-state index contributed by atoms with van der Waals surface area (Å²) in [6.45, 7) is 2.15. The minimum absolute atomic E-state index is 0.0583. The molecule has 5 heteroatoms. The minimum Gasteiger partial charge on any atom is -0.345 e. The molecule has 1 aliphatic rings. The van der Waals surface area contributed by atoms with Gasteiger partial charge < -0.3 is 10.2 Å². The van der Waals surface area contributed by atoms with Crippen LogP contribution in [0.15, 0.2) is 24.3 Å². The number of carbonyl (C=O) groups excluding carboxylic acids is 2. The van der Waals surface area contributed by atoms with Crippen LogP contribution in [0.1, 0.15) is 13.3 Å². The molecule has 0 bridgehead atoms. The summed E-state index contributed by atoms with van der Waals surface area (Å²) in [7, 11) is 0. The van der Waals surface area contributed by atoms with Gasteiger partial charge in [-0.15, -0.1) is 0 Å². The lowest BCUT2D eigenvalue weighted by Gasteiger charge is -2.22. The number of rotatable bonds is 1. The molecule has 4 nitrogen and oxygen atoms in total. The van der Waals surface area contributed by atoms with E-state index in [0.29, 0.717) is 13.0 Å². The molecule has 1 unspecified atom stereocenters. The second kappa shape index (κ2) is 5.03. The van der Waals surface area contributed by atoms with Gasteiger partial charge in [0, 0.05) is 22.2 Å². The van der Waals surface area contributed by atoms with Crippen LogP contribution in [-0.2, 0) is 9.59 Å². The Morgan fingerprint density at radius 3 is 2.59 bits per heavy atom. The summed E-state index contributed by atoms with van der Waals surface area (Å²) >= 11 is 2.22. The topological polar surface area (TPSA) is 49.4 Å². The largest absolute Gasteiger partial charge is 0.345 e. The summed E-state index contributed by atoms with van der Waals surface area (Å²) in [5.41, 5.74) is 0.846. The predicted molar refractivity (Wildman–Crippen MR) is 73.7 cm³/mol. The molecular formula is C12H13IN2O2. The van der Waals surface area contributed by atoms with E-state index in [4.69, 9.17) is 0 Å². The van der Waals surface area contributed by atoms with Crippen LogP contribution in [0.5, 0.6) is 0 Å². The number of benzene rings is 1. The van der Waals surface area contributed by atoms with Crippen LogP contribution in [0.2, 0.25) is 0 Å². The number of anilines is 1. The molecule has 1 N–H and O–H groups in total. The highest BCUT2D eigenvalue weighted by atomic mass is 127. The first kappa shape index (κ1) is 12.3. The average molecular weight is 344 g/mol. The zero-order valence-electron chi connectivity index (χ0n) is 9.44. The minimum atomic E-state index is -0.454. The molecule has 1 saturated heterocycles. The van der Waals surface area contributed by atoms with Gasteiger partial charge in [-0.2, -0.15) is 0 Å². The van der Waals surface area contributed by atoms with Gasteiger partial charge in [0.2, 0.25) is 11.8 Å². The van der Waals surface area contributed by atoms with Gasteiger partial charge in [0.25, 0.3) is 0 Å². The third-order valence-electron chi connectivity index (χ3n) is 2.71. The third kappa shape index (κ3) is 2.77. The van der Waals surface area contributed by atoms with Crippen LogP contribution in [0.3, 0.4) is 0 Å². The van der Waals surface area contributed by atoms with Gasteiger partial charge >= 0.3 is 0 Å². The van der Waals surface area contributed by atoms with Gasteiger partial charge in [-0.3, -0.25) is 9.59 Å². The lowest BCUT2D eigenvalue weighted by atomic mass is 10.2. The Morgan fingerprint density at radius 1 is 1.29 bits per heavy atom. The van der Waals surface area contributed by atoms with Crippen molar-refractivity contribution in [3.8, 4) is 0 Å². The Bertz CT molecular complexity index is 444. The van der Waals surface area contributed by atoms with Crippen LogP contribution in [0.25, 0.3) is 0 Å². The van der Waals surface area contributed by atoms with E-state index in [-0.39, 0.29) is 11.8 Å². The summed E-state index contributed by atoms with van der Waals surface area (Å²) < 4.78 is 1.12. The Hall–Kier alpha value is -1.11. The van der Waals surface area contributed by atoms with Crippen molar-refractivity contribution < 1.29 is 9.59 Å². The van der Waals surface area contributed by atoms with Crippen molar-refractivity contribution in [2.75, 3.05) is 11.4 Å². The van der Waals surface area contributed by atoms with Crippen molar-refractivity contribution in [2.24, 2.45) is 0 Å². The van der Waals surface area contributed by atoms with Gasteiger partial charge in [-0.25, -0.2) is 0 Å². The van der Waals surface area contributed by atoms with E-state index in [1.807, 2.05) is 24.3 Å². The summed E-state index contributed by atoms with van der Waals surface area (Å²) in [6, 6.07) is 7.26. The molecular weight excluding hydrogens is 331 g/mol. The first-order chi connectivity index (χ1) is 8.08. The Balaban J connectivity index is 2.27. The van der Waals surface area contributed by atoms with Crippen molar-refractivity contribution in [3.63, 3.8) is 0 Å². The van der Waals surface area contributed by atoms with Crippen molar-refractivity contribution in [2.45, 2.75) is 19.4 Å². The van der Waals surface area contributed by atoms with Gasteiger partial charge in [-0.05, 0) is 53.8 Å². The first-order valence-electron chi connectivity index (χ1n) is 5.44. The fourth-order valence-corrected chi connectivity index (χ4v) is 2.17. The van der Waals surface area contributed by atoms with Gasteiger partial charge in [0.15, 0.2) is 0 Å². The standard InChI is InChI=1S/C12H13IN2O2/c1-8-12(17)15(7-6-11(16)14-8)10-4-2-9(13)3-5-10/h2-5,8H,6-7H2,1H3,(H,14,16). The fourth-order valence-electron chi connectivity index (χ4n) is 1.81. The van der Waals surface area contributed by atoms with Crippen molar-refractivity contribution in [1.82, 2.24) is 5.32 Å². The molecule has 90 valence electrons. The molecule has 1 fully saturated rings. The molecule has 0 aliphatic carbocycles. The van der Waals surface area contributed by atoms with Crippen LogP contribution in [0.4, 0.5) is 5.69 Å². The normalized spacial score (nSPS) is 21.1. The number of hydrogen-bond acceptors (Lipinski definition) is 2. The monoisotopic (exact) mass is 344 g/mol. The summed E-state index contributed by atoms with van der Waals surface area (Å²) in [4.78, 5) is 25.1. The van der Waals surface area contributed by atoms with Crippen LogP contribution in [-0.4, -0.2) is 24.4 Å². The first-order valence-corrected chi connectivity index (χ1v) is 6.52. The average Bonchev–Trinajstić information content (AvgIpc) is 2.42. The van der Waals surface area contributed by atoms with Crippen molar-refractivity contribution in [3.05, 3.63) is 27.8 Å². The zero-order valence-corrected chi connectivity index (χ0v) is 11.6. The molecule has 1 aliphatic heterocycles. The lowest BCUT2D eigenvalue weighted by Crippen LogP contribution is -2.42. The molecule has 1 atom stereocenters. The summed E-state index contributed by atoms with van der Waals surface area (Å²) in [5, 5.41) is 2.67. The van der Waals surface area contributed by atoms with Gasteiger partial charge in [0.05, 0.1) is 0 Å². The van der Waals surface area contributed by atoms with E-state index in [2.05, 4.69) is 27.9 Å². The number of carbonyl (C=O) groups is 2. The highest BCUT2D eigenvalue weighted by Crippen LogP contribution is 2.19. The highest BCUT2D eigenvalue weighted by molar-refractivity contribution is 14.1. The van der Waals surface area contributed by atoms with Crippen LogP contribution in [0, 0.1) is 3.57 Å². The zero-order chi connectivity index (χ0) is 12.4. The number of hydrogen-bond donors (Lipinski definition) is 1. The van der Waals surface area contributed by atoms with E-state index in [1.54, 1.807) is 11.8 Å². The smallest absolute Gasteiger partial charge is 0.249 e. The molecule has 0 radical (unpaired) electrons. The number of nitrogens with zero attached hydrogens (tertiary/aromatic N) is 1. The maximum Gasteiger partial charge on any atom is 0.249 e. The molecule has 1 heterocycles. The van der Waals surface area contributed by atoms with E-state index >= 15 is 0 Å². The maximum atomic E-state index is 12.1. The summed E-state index contributed by atoms with van der Waals surface area (Å²) in [5.74, 6) is -0.129. The summed E-state index contributed by atoms with van der Waals surface area (Å²) in [6.07, 6.45) is 0.349. The van der Waals surface area contributed by atoms with E-state index in [0.717, 1.165) is 9.26 Å². The SMILES string of the molecule is CC1NC(=O)CCN(c2ccc(I)cc2)C1=O. The highest BCUT2D eigenvalue weighted by Gasteiger charge is 2.27. The number of amides is 2. The fraction of sp³-hybridized carbons (Fsp3) is 0.333. The number of nitrogens with one attached hydrogen (secondary N) is 1.